The van der Waals surface area contributed by atoms with Gasteiger partial charge in [0, 0.05) is 23.8 Å². The van der Waals surface area contributed by atoms with Gasteiger partial charge >= 0.3 is 0 Å². The van der Waals surface area contributed by atoms with E-state index < -0.39 is 0 Å². The zero-order valence-electron chi connectivity index (χ0n) is 18.2. The molecule has 1 heterocycles. The van der Waals surface area contributed by atoms with E-state index in [2.05, 4.69) is 68.7 Å². The molecule has 150 valence electrons. The molecule has 2 nitrogen and oxygen atoms in total. The molecular weight excluding hydrogens is 328 g/mol. The average molecular weight is 369 g/mol. The molecule has 2 saturated carbocycles. The van der Waals surface area contributed by atoms with Crippen molar-refractivity contribution in [3.63, 3.8) is 0 Å². The summed E-state index contributed by atoms with van der Waals surface area (Å²) >= 11 is 0. The van der Waals surface area contributed by atoms with Crippen molar-refractivity contribution >= 4 is 5.69 Å². The summed E-state index contributed by atoms with van der Waals surface area (Å²) in [5.41, 5.74) is 3.14. The van der Waals surface area contributed by atoms with Crippen molar-refractivity contribution in [1.82, 2.24) is 4.90 Å². The Labute approximate surface area is 167 Å². The summed E-state index contributed by atoms with van der Waals surface area (Å²) in [4.78, 5) is 5.87. The van der Waals surface area contributed by atoms with Gasteiger partial charge in [0.25, 0.3) is 0 Å². The van der Waals surface area contributed by atoms with Crippen LogP contribution >= 0.6 is 0 Å². The molecule has 3 aliphatic rings. The first-order chi connectivity index (χ1) is 12.9. The fraction of sp³-hybridized carbons (Fsp3) is 0.760. The molecule has 2 heteroatoms. The maximum atomic E-state index is 3.04. The van der Waals surface area contributed by atoms with Gasteiger partial charge < -0.3 is 4.90 Å². The SMILES string of the molecule is Cc1ccccc1N1C(C(C)(C)C)N(C2CCCC2)C(C2CCCC2)[C@@H]1C. The Bertz CT molecular complexity index is 634. The van der Waals surface area contributed by atoms with Crippen molar-refractivity contribution in [3.8, 4) is 0 Å². The van der Waals surface area contributed by atoms with Gasteiger partial charge in [0.2, 0.25) is 0 Å². The smallest absolute Gasteiger partial charge is 0.0879 e. The molecule has 1 aliphatic heterocycles. The Kier molecular flexibility index (Phi) is 5.31. The van der Waals surface area contributed by atoms with Crippen LogP contribution in [0, 0.1) is 18.3 Å². The first kappa shape index (κ1) is 19.3. The van der Waals surface area contributed by atoms with Crippen molar-refractivity contribution in [1.29, 1.82) is 0 Å². The summed E-state index contributed by atoms with van der Waals surface area (Å²) in [5, 5.41) is 0. The van der Waals surface area contributed by atoms with E-state index in [1.807, 2.05) is 0 Å². The van der Waals surface area contributed by atoms with Gasteiger partial charge in [-0.1, -0.05) is 64.7 Å². The van der Waals surface area contributed by atoms with Gasteiger partial charge in [-0.3, -0.25) is 4.90 Å². The van der Waals surface area contributed by atoms with Crippen LogP contribution in [0.5, 0.6) is 0 Å². The molecule has 2 aliphatic carbocycles. The van der Waals surface area contributed by atoms with Crippen LogP contribution in [0.4, 0.5) is 5.69 Å². The lowest BCUT2D eigenvalue weighted by Gasteiger charge is -2.45. The number of nitrogens with zero attached hydrogens (tertiary/aromatic N) is 2. The maximum Gasteiger partial charge on any atom is 0.0879 e. The summed E-state index contributed by atoms with van der Waals surface area (Å²) in [5.74, 6) is 0.888. The largest absolute Gasteiger partial charge is 0.351 e. The summed E-state index contributed by atoms with van der Waals surface area (Å²) in [6.07, 6.45) is 11.9. The summed E-state index contributed by atoms with van der Waals surface area (Å²) in [6, 6.07) is 11.2. The molecule has 0 aromatic heterocycles. The molecule has 0 spiro atoms. The number of rotatable bonds is 3. The summed E-state index contributed by atoms with van der Waals surface area (Å²) < 4.78 is 0. The minimum atomic E-state index is 0.243. The van der Waals surface area contributed by atoms with Crippen LogP contribution in [-0.2, 0) is 0 Å². The van der Waals surface area contributed by atoms with Gasteiger partial charge in [0.15, 0.2) is 0 Å². The molecule has 0 radical (unpaired) electrons. The normalized spacial score (nSPS) is 31.3. The fourth-order valence-electron chi connectivity index (χ4n) is 6.59. The molecule has 0 N–H and O–H groups in total. The predicted octanol–water partition coefficient (Wildman–Crippen LogP) is 6.38. The molecule has 0 amide bonds. The minimum Gasteiger partial charge on any atom is -0.351 e. The second-order valence-electron chi connectivity index (χ2n) is 10.6. The van der Waals surface area contributed by atoms with E-state index in [-0.39, 0.29) is 5.41 Å². The van der Waals surface area contributed by atoms with E-state index in [0.717, 1.165) is 18.0 Å². The Morgan fingerprint density at radius 2 is 1.48 bits per heavy atom. The van der Waals surface area contributed by atoms with Crippen molar-refractivity contribution < 1.29 is 0 Å². The topological polar surface area (TPSA) is 6.48 Å². The zero-order chi connectivity index (χ0) is 19.2. The number of para-hydroxylation sites is 1. The quantitative estimate of drug-likeness (QED) is 0.611. The van der Waals surface area contributed by atoms with Gasteiger partial charge in [-0.25, -0.2) is 0 Å². The highest BCUT2D eigenvalue weighted by Gasteiger charge is 2.54. The van der Waals surface area contributed by atoms with Gasteiger partial charge in [-0.2, -0.15) is 0 Å². The third kappa shape index (κ3) is 3.43. The van der Waals surface area contributed by atoms with Crippen LogP contribution in [-0.4, -0.2) is 29.2 Å². The van der Waals surface area contributed by atoms with Crippen LogP contribution in [0.1, 0.15) is 84.6 Å². The highest BCUT2D eigenvalue weighted by atomic mass is 15.5. The van der Waals surface area contributed by atoms with E-state index >= 15 is 0 Å². The Morgan fingerprint density at radius 3 is 2.07 bits per heavy atom. The predicted molar refractivity (Wildman–Crippen MR) is 116 cm³/mol. The number of aryl methyl sites for hydroxylation is 1. The second kappa shape index (κ2) is 7.43. The third-order valence-corrected chi connectivity index (χ3v) is 7.62. The first-order valence-corrected chi connectivity index (χ1v) is 11.5. The van der Waals surface area contributed by atoms with E-state index in [9.17, 15) is 0 Å². The maximum absolute atomic E-state index is 3.04. The van der Waals surface area contributed by atoms with Gasteiger partial charge in [-0.05, 0) is 62.5 Å². The van der Waals surface area contributed by atoms with Crippen LogP contribution in [0.3, 0.4) is 0 Å². The van der Waals surface area contributed by atoms with Crippen LogP contribution in [0.25, 0.3) is 0 Å². The van der Waals surface area contributed by atoms with Gasteiger partial charge in [0.05, 0.1) is 6.17 Å². The summed E-state index contributed by atoms with van der Waals surface area (Å²) in [6.45, 7) is 12.2. The Balaban J connectivity index is 1.80. The minimum absolute atomic E-state index is 0.243. The third-order valence-electron chi connectivity index (χ3n) is 7.62. The number of hydrogen-bond donors (Lipinski definition) is 0. The van der Waals surface area contributed by atoms with Crippen LogP contribution < -0.4 is 4.90 Å². The molecule has 4 rings (SSSR count). The Morgan fingerprint density at radius 1 is 0.889 bits per heavy atom. The van der Waals surface area contributed by atoms with Crippen molar-refractivity contribution in [2.75, 3.05) is 4.90 Å². The van der Waals surface area contributed by atoms with Gasteiger partial charge in [0.1, 0.15) is 0 Å². The van der Waals surface area contributed by atoms with Crippen molar-refractivity contribution in [3.05, 3.63) is 29.8 Å². The van der Waals surface area contributed by atoms with E-state index in [4.69, 9.17) is 0 Å². The lowest BCUT2D eigenvalue weighted by atomic mass is 9.88. The molecule has 1 aromatic carbocycles. The molecule has 3 fully saturated rings. The molecule has 27 heavy (non-hydrogen) atoms. The molecule has 0 bridgehead atoms. The van der Waals surface area contributed by atoms with Gasteiger partial charge in [-0.15, -0.1) is 0 Å². The summed E-state index contributed by atoms with van der Waals surface area (Å²) in [7, 11) is 0. The standard InChI is InChI=1S/C25H40N2/c1-18-12-6-11-17-22(18)26-19(2)23(20-13-7-8-14-20)27(21-15-9-10-16-21)24(26)25(3,4)5/h6,11-12,17,19-21,23-24H,7-10,13-16H2,1-5H3/t19-,23?,24?/m0/s1. The fourth-order valence-corrected chi connectivity index (χ4v) is 6.59. The van der Waals surface area contributed by atoms with Crippen molar-refractivity contribution in [2.45, 2.75) is 110 Å². The van der Waals surface area contributed by atoms with E-state index in [1.54, 1.807) is 0 Å². The second-order valence-corrected chi connectivity index (χ2v) is 10.6. The molecule has 3 atom stereocenters. The highest BCUT2D eigenvalue weighted by molar-refractivity contribution is 5.56. The number of benzene rings is 1. The zero-order valence-corrected chi connectivity index (χ0v) is 18.2. The first-order valence-electron chi connectivity index (χ1n) is 11.5. The van der Waals surface area contributed by atoms with Crippen LogP contribution in [0.15, 0.2) is 24.3 Å². The monoisotopic (exact) mass is 368 g/mol. The average Bonchev–Trinajstić information content (AvgIpc) is 3.34. The molecule has 2 unspecified atom stereocenters. The van der Waals surface area contributed by atoms with E-state index in [0.29, 0.717) is 12.2 Å². The molecule has 1 aromatic rings. The lowest BCUT2D eigenvalue weighted by Crippen LogP contribution is -2.53. The van der Waals surface area contributed by atoms with Crippen LogP contribution in [0.2, 0.25) is 0 Å². The molecular formula is C25H40N2. The number of hydrogen-bond acceptors (Lipinski definition) is 2. The number of anilines is 1. The molecule has 1 saturated heterocycles. The van der Waals surface area contributed by atoms with Crippen molar-refractivity contribution in [2.24, 2.45) is 11.3 Å². The Hall–Kier alpha value is -1.02. The lowest BCUT2D eigenvalue weighted by molar-refractivity contribution is 0.0431. The van der Waals surface area contributed by atoms with E-state index in [1.165, 1.54) is 62.6 Å². The highest BCUT2D eigenvalue weighted by Crippen LogP contribution is 2.48.